The van der Waals surface area contributed by atoms with E-state index in [1.165, 1.54) is 12.1 Å². The molecule has 4 N–H and O–H groups in total. The van der Waals surface area contributed by atoms with E-state index in [1.807, 2.05) is 13.8 Å². The van der Waals surface area contributed by atoms with Gasteiger partial charge in [-0.05, 0) is 30.7 Å². The maximum Gasteiger partial charge on any atom is 0.144 e. The number of rotatable bonds is 6. The second-order valence-corrected chi connectivity index (χ2v) is 4.92. The van der Waals surface area contributed by atoms with Crippen LogP contribution >= 0.6 is 0 Å². The lowest BCUT2D eigenvalue weighted by atomic mass is 9.88. The van der Waals surface area contributed by atoms with Gasteiger partial charge in [0.15, 0.2) is 0 Å². The van der Waals surface area contributed by atoms with Crippen molar-refractivity contribution in [1.82, 2.24) is 5.32 Å². The highest BCUT2D eigenvalue weighted by molar-refractivity contribution is 5.85. The number of nitrogens with two attached hydrogens (primary N) is 1. The van der Waals surface area contributed by atoms with Crippen LogP contribution in [0.2, 0.25) is 0 Å². The SMILES string of the molecule is CC(C)(CCNCc1ccc(F)cc1)C(N)=NO. The first-order valence-electron chi connectivity index (χ1n) is 5.89. The lowest BCUT2D eigenvalue weighted by Crippen LogP contribution is -2.34. The summed E-state index contributed by atoms with van der Waals surface area (Å²) < 4.78 is 12.7. The van der Waals surface area contributed by atoms with Crippen LogP contribution in [-0.4, -0.2) is 17.6 Å². The van der Waals surface area contributed by atoms with Crippen LogP contribution in [-0.2, 0) is 6.54 Å². The van der Waals surface area contributed by atoms with Gasteiger partial charge in [0.25, 0.3) is 0 Å². The summed E-state index contributed by atoms with van der Waals surface area (Å²) in [5.74, 6) is -0.00195. The Kier molecular flexibility index (Phi) is 5.09. The molecule has 18 heavy (non-hydrogen) atoms. The van der Waals surface area contributed by atoms with Crippen molar-refractivity contribution in [3.05, 3.63) is 35.6 Å². The second-order valence-electron chi connectivity index (χ2n) is 4.92. The molecule has 0 atom stereocenters. The van der Waals surface area contributed by atoms with Crippen molar-refractivity contribution in [2.45, 2.75) is 26.8 Å². The third-order valence-electron chi connectivity index (χ3n) is 2.97. The van der Waals surface area contributed by atoms with E-state index >= 15 is 0 Å². The summed E-state index contributed by atoms with van der Waals surface area (Å²) >= 11 is 0. The number of nitrogens with zero attached hydrogens (tertiary/aromatic N) is 1. The van der Waals surface area contributed by atoms with E-state index in [-0.39, 0.29) is 17.1 Å². The highest BCUT2D eigenvalue weighted by atomic mass is 19.1. The fraction of sp³-hybridized carbons (Fsp3) is 0.462. The number of halogens is 1. The number of hydrogen-bond donors (Lipinski definition) is 3. The van der Waals surface area contributed by atoms with Crippen LogP contribution in [0.25, 0.3) is 0 Å². The van der Waals surface area contributed by atoms with Crippen LogP contribution in [0.3, 0.4) is 0 Å². The minimum atomic E-state index is -0.343. The normalized spacial score (nSPS) is 12.7. The number of nitrogens with one attached hydrogen (secondary N) is 1. The molecule has 0 heterocycles. The zero-order valence-electron chi connectivity index (χ0n) is 10.8. The minimum absolute atomic E-state index is 0.228. The molecule has 0 saturated heterocycles. The Balaban J connectivity index is 2.33. The fourth-order valence-electron chi connectivity index (χ4n) is 1.50. The van der Waals surface area contributed by atoms with E-state index in [0.717, 1.165) is 18.5 Å². The molecule has 0 amide bonds. The highest BCUT2D eigenvalue weighted by Gasteiger charge is 2.22. The van der Waals surface area contributed by atoms with E-state index in [9.17, 15) is 4.39 Å². The predicted octanol–water partition coefficient (Wildman–Crippen LogP) is 2.08. The average Bonchev–Trinajstić information content (AvgIpc) is 2.35. The summed E-state index contributed by atoms with van der Waals surface area (Å²) in [6.45, 7) is 5.25. The van der Waals surface area contributed by atoms with Gasteiger partial charge in [0.2, 0.25) is 0 Å². The van der Waals surface area contributed by atoms with Crippen LogP contribution in [0, 0.1) is 11.2 Å². The Labute approximate surface area is 107 Å². The molecule has 5 heteroatoms. The molecule has 1 aromatic carbocycles. The maximum absolute atomic E-state index is 12.7. The number of oxime groups is 1. The van der Waals surface area contributed by atoms with Gasteiger partial charge in [0.05, 0.1) is 0 Å². The van der Waals surface area contributed by atoms with E-state index < -0.39 is 0 Å². The molecule has 0 saturated carbocycles. The largest absolute Gasteiger partial charge is 0.409 e. The maximum atomic E-state index is 12.7. The first-order chi connectivity index (χ1) is 8.45. The van der Waals surface area contributed by atoms with Crippen LogP contribution in [0.5, 0.6) is 0 Å². The van der Waals surface area contributed by atoms with Crippen LogP contribution in [0.1, 0.15) is 25.8 Å². The van der Waals surface area contributed by atoms with E-state index in [4.69, 9.17) is 10.9 Å². The molecule has 1 rings (SSSR count). The van der Waals surface area contributed by atoms with E-state index in [2.05, 4.69) is 10.5 Å². The highest BCUT2D eigenvalue weighted by Crippen LogP contribution is 2.19. The molecular formula is C13H20FN3O. The van der Waals surface area contributed by atoms with Gasteiger partial charge in [-0.2, -0.15) is 0 Å². The molecule has 4 nitrogen and oxygen atoms in total. The van der Waals surface area contributed by atoms with Crippen molar-refractivity contribution in [3.8, 4) is 0 Å². The second kappa shape index (κ2) is 6.35. The third-order valence-corrected chi connectivity index (χ3v) is 2.97. The minimum Gasteiger partial charge on any atom is -0.409 e. The van der Waals surface area contributed by atoms with Crippen molar-refractivity contribution >= 4 is 5.84 Å². The van der Waals surface area contributed by atoms with Crippen molar-refractivity contribution in [1.29, 1.82) is 0 Å². The van der Waals surface area contributed by atoms with Gasteiger partial charge < -0.3 is 16.3 Å². The summed E-state index contributed by atoms with van der Waals surface area (Å²) in [5, 5.41) is 14.9. The Hall–Kier alpha value is -1.62. The Morgan fingerprint density at radius 3 is 2.56 bits per heavy atom. The van der Waals surface area contributed by atoms with Crippen LogP contribution in [0.4, 0.5) is 4.39 Å². The molecule has 0 fully saturated rings. The number of hydrogen-bond acceptors (Lipinski definition) is 3. The molecule has 0 bridgehead atoms. The number of amidine groups is 1. The van der Waals surface area contributed by atoms with E-state index in [1.54, 1.807) is 12.1 Å². The van der Waals surface area contributed by atoms with Gasteiger partial charge >= 0.3 is 0 Å². The Morgan fingerprint density at radius 2 is 2.00 bits per heavy atom. The summed E-state index contributed by atoms with van der Waals surface area (Å²) in [5.41, 5.74) is 6.27. The van der Waals surface area contributed by atoms with Crippen molar-refractivity contribution in [2.24, 2.45) is 16.3 Å². The lowest BCUT2D eigenvalue weighted by Gasteiger charge is -2.22. The Morgan fingerprint density at radius 1 is 1.39 bits per heavy atom. The fourth-order valence-corrected chi connectivity index (χ4v) is 1.50. The molecule has 0 aliphatic rings. The standard InChI is InChI=1S/C13H20FN3O/c1-13(2,12(15)17-18)7-8-16-9-10-3-5-11(14)6-4-10/h3-6,16,18H,7-9H2,1-2H3,(H2,15,17). The molecule has 0 aliphatic heterocycles. The van der Waals surface area contributed by atoms with Gasteiger partial charge in [0, 0.05) is 12.0 Å². The zero-order chi connectivity index (χ0) is 13.6. The van der Waals surface area contributed by atoms with Crippen molar-refractivity contribution in [3.63, 3.8) is 0 Å². The number of benzene rings is 1. The first-order valence-corrected chi connectivity index (χ1v) is 5.89. The molecule has 0 unspecified atom stereocenters. The lowest BCUT2D eigenvalue weighted by molar-refractivity contribution is 0.305. The monoisotopic (exact) mass is 253 g/mol. The molecule has 0 spiro atoms. The van der Waals surface area contributed by atoms with Crippen molar-refractivity contribution in [2.75, 3.05) is 6.54 Å². The smallest absolute Gasteiger partial charge is 0.144 e. The Bertz CT molecular complexity index is 401. The van der Waals surface area contributed by atoms with Gasteiger partial charge in [-0.25, -0.2) is 4.39 Å². The molecule has 0 aromatic heterocycles. The van der Waals surface area contributed by atoms with Crippen LogP contribution < -0.4 is 11.1 Å². The molecule has 1 aromatic rings. The van der Waals surface area contributed by atoms with E-state index in [0.29, 0.717) is 6.54 Å². The van der Waals surface area contributed by atoms with Gasteiger partial charge in [0.1, 0.15) is 11.7 Å². The molecule has 0 radical (unpaired) electrons. The van der Waals surface area contributed by atoms with Crippen molar-refractivity contribution < 1.29 is 9.60 Å². The summed E-state index contributed by atoms with van der Waals surface area (Å²) in [6.07, 6.45) is 0.754. The molecule has 100 valence electrons. The molecular weight excluding hydrogens is 233 g/mol. The quantitative estimate of drug-likeness (QED) is 0.239. The van der Waals surface area contributed by atoms with Gasteiger partial charge in [-0.1, -0.05) is 31.1 Å². The van der Waals surface area contributed by atoms with Crippen LogP contribution in [0.15, 0.2) is 29.4 Å². The zero-order valence-corrected chi connectivity index (χ0v) is 10.8. The molecule has 0 aliphatic carbocycles. The van der Waals surface area contributed by atoms with Gasteiger partial charge in [-0.3, -0.25) is 0 Å². The topological polar surface area (TPSA) is 70.6 Å². The summed E-state index contributed by atoms with van der Waals surface area (Å²) in [7, 11) is 0. The predicted molar refractivity (Wildman–Crippen MR) is 69.9 cm³/mol. The average molecular weight is 253 g/mol. The first kappa shape index (κ1) is 14.4. The summed E-state index contributed by atoms with van der Waals surface area (Å²) in [4.78, 5) is 0. The third kappa shape index (κ3) is 4.33. The van der Waals surface area contributed by atoms with Gasteiger partial charge in [-0.15, -0.1) is 0 Å². The summed E-state index contributed by atoms with van der Waals surface area (Å²) in [6, 6.07) is 6.38.